The number of halogens is 1. The standard InChI is InChI=1S/C9H12BrNS/c10-8-7(2-5-12-8)6-9(11)3-1-4-9/h2,5H,1,3-4,6,11H2. The van der Waals surface area contributed by atoms with Gasteiger partial charge in [-0.3, -0.25) is 0 Å². The summed E-state index contributed by atoms with van der Waals surface area (Å²) in [6, 6.07) is 2.17. The van der Waals surface area contributed by atoms with Gasteiger partial charge >= 0.3 is 0 Å². The Hall–Kier alpha value is 0.140. The van der Waals surface area contributed by atoms with Crippen molar-refractivity contribution in [2.45, 2.75) is 31.2 Å². The largest absolute Gasteiger partial charge is 0.325 e. The molecule has 0 radical (unpaired) electrons. The van der Waals surface area contributed by atoms with Gasteiger partial charge in [0.25, 0.3) is 0 Å². The molecule has 0 saturated heterocycles. The van der Waals surface area contributed by atoms with Crippen LogP contribution in [0, 0.1) is 0 Å². The van der Waals surface area contributed by atoms with E-state index in [1.165, 1.54) is 28.6 Å². The number of thiophene rings is 1. The van der Waals surface area contributed by atoms with Gasteiger partial charge in [0.15, 0.2) is 0 Å². The van der Waals surface area contributed by atoms with E-state index < -0.39 is 0 Å². The van der Waals surface area contributed by atoms with Crippen LogP contribution < -0.4 is 5.73 Å². The number of nitrogens with two attached hydrogens (primary N) is 1. The summed E-state index contributed by atoms with van der Waals surface area (Å²) in [6.45, 7) is 0. The fourth-order valence-electron chi connectivity index (χ4n) is 1.63. The first-order valence-electron chi connectivity index (χ1n) is 4.20. The molecule has 12 heavy (non-hydrogen) atoms. The van der Waals surface area contributed by atoms with Crippen LogP contribution in [0.3, 0.4) is 0 Å². The highest BCUT2D eigenvalue weighted by molar-refractivity contribution is 9.11. The predicted octanol–water partition coefficient (Wildman–Crippen LogP) is 2.93. The Morgan fingerprint density at radius 3 is 2.75 bits per heavy atom. The zero-order valence-corrected chi connectivity index (χ0v) is 9.25. The van der Waals surface area contributed by atoms with Crippen molar-refractivity contribution >= 4 is 27.3 Å². The van der Waals surface area contributed by atoms with Crippen molar-refractivity contribution in [1.82, 2.24) is 0 Å². The third-order valence-corrected chi connectivity index (χ3v) is 4.40. The van der Waals surface area contributed by atoms with Crippen LogP contribution in [0.15, 0.2) is 15.2 Å². The molecule has 66 valence electrons. The molecule has 1 aliphatic rings. The zero-order valence-electron chi connectivity index (χ0n) is 6.85. The average Bonchev–Trinajstić information content (AvgIpc) is 2.34. The third kappa shape index (κ3) is 1.58. The van der Waals surface area contributed by atoms with Crippen LogP contribution in [0.5, 0.6) is 0 Å². The Morgan fingerprint density at radius 2 is 2.33 bits per heavy atom. The Kier molecular flexibility index (Phi) is 2.27. The normalized spacial score (nSPS) is 20.5. The van der Waals surface area contributed by atoms with E-state index in [0.717, 1.165) is 6.42 Å². The molecule has 0 unspecified atom stereocenters. The van der Waals surface area contributed by atoms with E-state index >= 15 is 0 Å². The van der Waals surface area contributed by atoms with Crippen LogP contribution in [-0.4, -0.2) is 5.54 Å². The summed E-state index contributed by atoms with van der Waals surface area (Å²) in [5, 5.41) is 2.11. The van der Waals surface area contributed by atoms with Crippen LogP contribution in [0.1, 0.15) is 24.8 Å². The van der Waals surface area contributed by atoms with E-state index in [4.69, 9.17) is 5.73 Å². The summed E-state index contributed by atoms with van der Waals surface area (Å²) >= 11 is 5.28. The topological polar surface area (TPSA) is 26.0 Å². The van der Waals surface area contributed by atoms with Gasteiger partial charge in [0.2, 0.25) is 0 Å². The second kappa shape index (κ2) is 3.13. The minimum absolute atomic E-state index is 0.115. The maximum absolute atomic E-state index is 6.15. The van der Waals surface area contributed by atoms with Gasteiger partial charge in [-0.1, -0.05) is 0 Å². The third-order valence-electron chi connectivity index (χ3n) is 2.59. The molecule has 1 fully saturated rings. The second-order valence-electron chi connectivity index (χ2n) is 3.61. The van der Waals surface area contributed by atoms with Crippen molar-refractivity contribution < 1.29 is 0 Å². The van der Waals surface area contributed by atoms with Gasteiger partial charge in [-0.2, -0.15) is 0 Å². The summed E-state index contributed by atoms with van der Waals surface area (Å²) in [4.78, 5) is 0. The van der Waals surface area contributed by atoms with Crippen LogP contribution >= 0.6 is 27.3 Å². The molecule has 1 aromatic heterocycles. The van der Waals surface area contributed by atoms with Crippen LogP contribution in [0.25, 0.3) is 0 Å². The minimum Gasteiger partial charge on any atom is -0.325 e. The van der Waals surface area contributed by atoms with E-state index in [9.17, 15) is 0 Å². The first-order valence-corrected chi connectivity index (χ1v) is 5.88. The van der Waals surface area contributed by atoms with Crippen molar-refractivity contribution in [1.29, 1.82) is 0 Å². The Labute approximate surface area is 85.1 Å². The van der Waals surface area contributed by atoms with Gasteiger partial charge in [-0.05, 0) is 58.6 Å². The van der Waals surface area contributed by atoms with Gasteiger partial charge in [0.05, 0.1) is 3.79 Å². The molecule has 0 aromatic carbocycles. The molecule has 1 heterocycles. The molecular weight excluding hydrogens is 234 g/mol. The monoisotopic (exact) mass is 245 g/mol. The molecule has 1 aromatic rings. The van der Waals surface area contributed by atoms with Crippen LogP contribution in [-0.2, 0) is 6.42 Å². The summed E-state index contributed by atoms with van der Waals surface area (Å²) < 4.78 is 1.25. The highest BCUT2D eigenvalue weighted by Gasteiger charge is 2.32. The fourth-order valence-corrected chi connectivity index (χ4v) is 2.87. The zero-order chi connectivity index (χ0) is 8.60. The smallest absolute Gasteiger partial charge is 0.0731 e. The highest BCUT2D eigenvalue weighted by atomic mass is 79.9. The van der Waals surface area contributed by atoms with Crippen molar-refractivity contribution in [2.24, 2.45) is 5.73 Å². The van der Waals surface area contributed by atoms with Crippen molar-refractivity contribution in [3.8, 4) is 0 Å². The quantitative estimate of drug-likeness (QED) is 0.853. The molecule has 0 aliphatic heterocycles. The molecule has 1 nitrogen and oxygen atoms in total. The molecule has 0 bridgehead atoms. The summed E-state index contributed by atoms with van der Waals surface area (Å²) in [5.41, 5.74) is 7.64. The van der Waals surface area contributed by atoms with Crippen molar-refractivity contribution in [3.63, 3.8) is 0 Å². The van der Waals surface area contributed by atoms with E-state index in [1.54, 1.807) is 11.3 Å². The van der Waals surface area contributed by atoms with E-state index in [1.807, 2.05) is 0 Å². The predicted molar refractivity (Wildman–Crippen MR) is 56.5 cm³/mol. The molecular formula is C9H12BrNS. The molecule has 0 spiro atoms. The number of hydrogen-bond acceptors (Lipinski definition) is 2. The Morgan fingerprint density at radius 1 is 1.58 bits per heavy atom. The van der Waals surface area contributed by atoms with Gasteiger partial charge in [0, 0.05) is 5.54 Å². The SMILES string of the molecule is NC1(Cc2ccsc2Br)CCC1. The summed E-state index contributed by atoms with van der Waals surface area (Å²) in [7, 11) is 0. The Balaban J connectivity index is 2.08. The van der Waals surface area contributed by atoms with Crippen molar-refractivity contribution in [2.75, 3.05) is 0 Å². The summed E-state index contributed by atoms with van der Waals surface area (Å²) in [6.07, 6.45) is 4.72. The summed E-state index contributed by atoms with van der Waals surface area (Å²) in [5.74, 6) is 0. The van der Waals surface area contributed by atoms with E-state index in [-0.39, 0.29) is 5.54 Å². The maximum Gasteiger partial charge on any atom is 0.0731 e. The highest BCUT2D eigenvalue weighted by Crippen LogP contribution is 2.35. The lowest BCUT2D eigenvalue weighted by Crippen LogP contribution is -2.48. The lowest BCUT2D eigenvalue weighted by atomic mass is 9.74. The number of rotatable bonds is 2. The molecule has 1 aliphatic carbocycles. The van der Waals surface area contributed by atoms with E-state index in [2.05, 4.69) is 27.4 Å². The molecule has 0 atom stereocenters. The second-order valence-corrected chi connectivity index (χ2v) is 5.85. The first kappa shape index (κ1) is 8.73. The van der Waals surface area contributed by atoms with Gasteiger partial charge in [0.1, 0.15) is 0 Å². The van der Waals surface area contributed by atoms with E-state index in [0.29, 0.717) is 0 Å². The lowest BCUT2D eigenvalue weighted by Gasteiger charge is -2.38. The maximum atomic E-state index is 6.15. The van der Waals surface area contributed by atoms with Gasteiger partial charge < -0.3 is 5.73 Å². The first-order chi connectivity index (χ1) is 5.70. The molecule has 3 heteroatoms. The van der Waals surface area contributed by atoms with Gasteiger partial charge in [-0.15, -0.1) is 11.3 Å². The molecule has 2 N–H and O–H groups in total. The fraction of sp³-hybridized carbons (Fsp3) is 0.556. The molecule has 2 rings (SSSR count). The Bertz CT molecular complexity index is 278. The van der Waals surface area contributed by atoms with Crippen LogP contribution in [0.4, 0.5) is 0 Å². The van der Waals surface area contributed by atoms with Gasteiger partial charge in [-0.25, -0.2) is 0 Å². The average molecular weight is 246 g/mol. The molecule has 1 saturated carbocycles. The lowest BCUT2D eigenvalue weighted by molar-refractivity contribution is 0.247. The molecule has 0 amide bonds. The minimum atomic E-state index is 0.115. The van der Waals surface area contributed by atoms with Crippen molar-refractivity contribution in [3.05, 3.63) is 20.8 Å². The van der Waals surface area contributed by atoms with Crippen LogP contribution in [0.2, 0.25) is 0 Å². The number of hydrogen-bond donors (Lipinski definition) is 1.